The van der Waals surface area contributed by atoms with E-state index in [1.807, 2.05) is 36.2 Å². The molecule has 7 nitrogen and oxygen atoms in total. The van der Waals surface area contributed by atoms with Crippen LogP contribution in [0, 0.1) is 11.8 Å². The van der Waals surface area contributed by atoms with Crippen LogP contribution in [-0.2, 0) is 16.1 Å². The third kappa shape index (κ3) is 5.02. The first-order valence-corrected chi connectivity index (χ1v) is 10.0. The molecule has 2 N–H and O–H groups in total. The standard InChI is InChI=1S/C21H31N3O4/c1-23-10-9-19(25)18(14-23)21(27)24-11-7-16(8-12-24)20(26)22-13-15-3-5-17(28-2)6-4-15/h3-6,16,18-19,25H,7-14H2,1-2H3,(H,22,26)/t18-,19+/m1/s1. The van der Waals surface area contributed by atoms with Gasteiger partial charge >= 0.3 is 0 Å². The van der Waals surface area contributed by atoms with E-state index in [4.69, 9.17) is 4.74 Å². The Balaban J connectivity index is 1.45. The zero-order chi connectivity index (χ0) is 20.1. The molecular weight excluding hydrogens is 358 g/mol. The lowest BCUT2D eigenvalue weighted by Crippen LogP contribution is -2.52. The van der Waals surface area contributed by atoms with Gasteiger partial charge in [-0.25, -0.2) is 0 Å². The maximum atomic E-state index is 12.8. The molecule has 1 aromatic carbocycles. The number of hydrogen-bond donors (Lipinski definition) is 2. The van der Waals surface area contributed by atoms with E-state index >= 15 is 0 Å². The van der Waals surface area contributed by atoms with Crippen molar-refractivity contribution in [3.8, 4) is 5.75 Å². The van der Waals surface area contributed by atoms with Crippen LogP contribution >= 0.6 is 0 Å². The van der Waals surface area contributed by atoms with Crippen LogP contribution in [0.5, 0.6) is 5.75 Å². The molecule has 2 atom stereocenters. The molecule has 1 aromatic rings. The predicted molar refractivity (Wildman–Crippen MR) is 106 cm³/mol. The molecule has 3 rings (SSSR count). The number of rotatable bonds is 5. The van der Waals surface area contributed by atoms with E-state index in [2.05, 4.69) is 10.2 Å². The summed E-state index contributed by atoms with van der Waals surface area (Å²) in [6, 6.07) is 7.63. The molecule has 0 bridgehead atoms. The summed E-state index contributed by atoms with van der Waals surface area (Å²) >= 11 is 0. The van der Waals surface area contributed by atoms with Gasteiger partial charge in [0.2, 0.25) is 11.8 Å². The number of piperidine rings is 2. The molecule has 154 valence electrons. The number of methoxy groups -OCH3 is 1. The van der Waals surface area contributed by atoms with E-state index in [-0.39, 0.29) is 23.7 Å². The molecule has 28 heavy (non-hydrogen) atoms. The van der Waals surface area contributed by atoms with E-state index in [0.29, 0.717) is 45.4 Å². The molecule has 0 radical (unpaired) electrons. The summed E-state index contributed by atoms with van der Waals surface area (Å²) in [4.78, 5) is 29.2. The molecule has 7 heteroatoms. The SMILES string of the molecule is COc1ccc(CNC(=O)C2CCN(C(=O)[C@@H]3CN(C)CC[C@@H]3O)CC2)cc1. The minimum Gasteiger partial charge on any atom is -0.497 e. The maximum absolute atomic E-state index is 12.8. The molecule has 2 amide bonds. The van der Waals surface area contributed by atoms with Crippen molar-refractivity contribution >= 4 is 11.8 Å². The van der Waals surface area contributed by atoms with Crippen LogP contribution in [0.4, 0.5) is 0 Å². The van der Waals surface area contributed by atoms with Gasteiger partial charge in [0.15, 0.2) is 0 Å². The highest BCUT2D eigenvalue weighted by Crippen LogP contribution is 2.23. The van der Waals surface area contributed by atoms with Crippen molar-refractivity contribution in [1.29, 1.82) is 0 Å². The number of aliphatic hydroxyl groups is 1. The number of nitrogens with one attached hydrogen (secondary N) is 1. The normalized spacial score (nSPS) is 24.0. The first-order valence-electron chi connectivity index (χ1n) is 10.0. The summed E-state index contributed by atoms with van der Waals surface area (Å²) in [5, 5.41) is 13.2. The first kappa shape index (κ1) is 20.6. The summed E-state index contributed by atoms with van der Waals surface area (Å²) in [5.74, 6) is 0.443. The van der Waals surface area contributed by atoms with Crippen molar-refractivity contribution in [2.24, 2.45) is 11.8 Å². The lowest BCUT2D eigenvalue weighted by atomic mass is 9.91. The zero-order valence-electron chi connectivity index (χ0n) is 16.8. The second kappa shape index (κ2) is 9.39. The molecule has 2 fully saturated rings. The molecule has 2 aliphatic heterocycles. The van der Waals surface area contributed by atoms with Gasteiger partial charge in [0.05, 0.1) is 19.1 Å². The average Bonchev–Trinajstić information content (AvgIpc) is 2.73. The Morgan fingerprint density at radius 1 is 1.14 bits per heavy atom. The van der Waals surface area contributed by atoms with Crippen molar-refractivity contribution in [1.82, 2.24) is 15.1 Å². The largest absolute Gasteiger partial charge is 0.497 e. The van der Waals surface area contributed by atoms with E-state index in [0.717, 1.165) is 17.9 Å². The third-order valence-corrected chi connectivity index (χ3v) is 5.90. The molecule has 0 unspecified atom stereocenters. The second-order valence-corrected chi connectivity index (χ2v) is 7.89. The summed E-state index contributed by atoms with van der Waals surface area (Å²) in [7, 11) is 3.60. The lowest BCUT2D eigenvalue weighted by Gasteiger charge is -2.38. The van der Waals surface area contributed by atoms with Crippen molar-refractivity contribution in [2.75, 3.05) is 40.3 Å². The highest BCUT2D eigenvalue weighted by molar-refractivity contribution is 5.81. The number of ether oxygens (including phenoxy) is 1. The highest BCUT2D eigenvalue weighted by atomic mass is 16.5. The Kier molecular flexibility index (Phi) is 6.91. The smallest absolute Gasteiger partial charge is 0.229 e. The summed E-state index contributed by atoms with van der Waals surface area (Å²) in [6.45, 7) is 3.06. The van der Waals surface area contributed by atoms with E-state index in [1.165, 1.54) is 0 Å². The summed E-state index contributed by atoms with van der Waals surface area (Å²) in [5.41, 5.74) is 1.03. The molecule has 2 saturated heterocycles. The fourth-order valence-corrected chi connectivity index (χ4v) is 4.02. The van der Waals surface area contributed by atoms with Gasteiger partial charge in [-0.3, -0.25) is 9.59 Å². The van der Waals surface area contributed by atoms with Gasteiger partial charge in [0.1, 0.15) is 5.75 Å². The fraction of sp³-hybridized carbons (Fsp3) is 0.619. The van der Waals surface area contributed by atoms with Crippen LogP contribution in [0.15, 0.2) is 24.3 Å². The van der Waals surface area contributed by atoms with E-state index in [9.17, 15) is 14.7 Å². The van der Waals surface area contributed by atoms with Crippen LogP contribution in [0.3, 0.4) is 0 Å². The van der Waals surface area contributed by atoms with Gasteiger partial charge in [0, 0.05) is 38.6 Å². The third-order valence-electron chi connectivity index (χ3n) is 5.90. The van der Waals surface area contributed by atoms with Gasteiger partial charge < -0.3 is 25.0 Å². The Labute approximate surface area is 166 Å². The Morgan fingerprint density at radius 2 is 1.82 bits per heavy atom. The van der Waals surface area contributed by atoms with Crippen molar-refractivity contribution in [3.05, 3.63) is 29.8 Å². The Hall–Kier alpha value is -2.12. The topological polar surface area (TPSA) is 82.1 Å². The lowest BCUT2D eigenvalue weighted by molar-refractivity contribution is -0.145. The maximum Gasteiger partial charge on any atom is 0.229 e. The van der Waals surface area contributed by atoms with Crippen LogP contribution in [0.1, 0.15) is 24.8 Å². The number of benzene rings is 1. The summed E-state index contributed by atoms with van der Waals surface area (Å²) in [6.07, 6.45) is 1.41. The molecular formula is C21H31N3O4. The van der Waals surface area contributed by atoms with Gasteiger partial charge in [-0.2, -0.15) is 0 Å². The number of aliphatic hydroxyl groups excluding tert-OH is 1. The number of nitrogens with zero attached hydrogens (tertiary/aromatic N) is 2. The molecule has 0 aromatic heterocycles. The van der Waals surface area contributed by atoms with Crippen LogP contribution < -0.4 is 10.1 Å². The Morgan fingerprint density at radius 3 is 2.46 bits per heavy atom. The minimum atomic E-state index is -0.561. The summed E-state index contributed by atoms with van der Waals surface area (Å²) < 4.78 is 5.14. The van der Waals surface area contributed by atoms with E-state index < -0.39 is 6.10 Å². The predicted octanol–water partition coefficient (Wildman–Crippen LogP) is 0.863. The number of carbonyl (C=O) groups excluding carboxylic acids is 2. The van der Waals surface area contributed by atoms with Crippen LogP contribution in [0.25, 0.3) is 0 Å². The number of amides is 2. The van der Waals surface area contributed by atoms with E-state index in [1.54, 1.807) is 7.11 Å². The quantitative estimate of drug-likeness (QED) is 0.781. The zero-order valence-corrected chi connectivity index (χ0v) is 16.8. The van der Waals surface area contributed by atoms with Gasteiger partial charge in [-0.1, -0.05) is 12.1 Å². The van der Waals surface area contributed by atoms with Crippen molar-refractivity contribution < 1.29 is 19.4 Å². The molecule has 2 aliphatic rings. The second-order valence-electron chi connectivity index (χ2n) is 7.89. The first-order chi connectivity index (χ1) is 13.5. The Bertz CT molecular complexity index is 671. The molecule has 0 saturated carbocycles. The average molecular weight is 389 g/mol. The fourth-order valence-electron chi connectivity index (χ4n) is 4.02. The molecule has 2 heterocycles. The number of hydrogen-bond acceptors (Lipinski definition) is 5. The number of carbonyl (C=O) groups is 2. The van der Waals surface area contributed by atoms with Gasteiger partial charge in [0.25, 0.3) is 0 Å². The molecule has 0 aliphatic carbocycles. The minimum absolute atomic E-state index is 0.0242. The van der Waals surface area contributed by atoms with Gasteiger partial charge in [-0.05, 0) is 44.0 Å². The van der Waals surface area contributed by atoms with Gasteiger partial charge in [-0.15, -0.1) is 0 Å². The number of likely N-dealkylation sites (tertiary alicyclic amines) is 2. The van der Waals surface area contributed by atoms with Crippen LogP contribution in [0.2, 0.25) is 0 Å². The molecule has 0 spiro atoms. The highest BCUT2D eigenvalue weighted by Gasteiger charge is 2.36. The monoisotopic (exact) mass is 389 g/mol. The van der Waals surface area contributed by atoms with Crippen molar-refractivity contribution in [2.45, 2.75) is 31.9 Å². The van der Waals surface area contributed by atoms with Crippen molar-refractivity contribution in [3.63, 3.8) is 0 Å². The van der Waals surface area contributed by atoms with Crippen LogP contribution in [-0.4, -0.2) is 73.2 Å².